The van der Waals surface area contributed by atoms with Crippen molar-refractivity contribution in [3.63, 3.8) is 0 Å². The summed E-state index contributed by atoms with van der Waals surface area (Å²) in [4.78, 5) is 0. The summed E-state index contributed by atoms with van der Waals surface area (Å²) in [6.07, 6.45) is 2.97. The van der Waals surface area contributed by atoms with Gasteiger partial charge in [0, 0.05) is 10.9 Å². The monoisotopic (exact) mass is 283 g/mol. The van der Waals surface area contributed by atoms with Crippen LogP contribution in [0.4, 0.5) is 0 Å². The van der Waals surface area contributed by atoms with Gasteiger partial charge in [-0.05, 0) is 29.8 Å². The summed E-state index contributed by atoms with van der Waals surface area (Å²) in [5, 5.41) is 0. The van der Waals surface area contributed by atoms with Gasteiger partial charge in [0.05, 0.1) is 19.8 Å². The van der Waals surface area contributed by atoms with Crippen LogP contribution in [0, 0.1) is 0 Å². The fourth-order valence-corrected chi connectivity index (χ4v) is 2.19. The number of hydrogen-bond acceptors (Lipinski definition) is 3. The van der Waals surface area contributed by atoms with Gasteiger partial charge in [-0.1, -0.05) is 15.9 Å². The maximum absolute atomic E-state index is 6.15. The van der Waals surface area contributed by atoms with Crippen LogP contribution >= 0.6 is 15.9 Å². The molecular weight excluding hydrogens is 270 g/mol. The molecule has 2 N–H and O–H groups in total. The smallest absolute Gasteiger partial charge is 0.119 e. The predicted octanol–water partition coefficient (Wildman–Crippen LogP) is 2.76. The first-order valence-electron chi connectivity index (χ1n) is 5.14. The van der Waals surface area contributed by atoms with Gasteiger partial charge in [0.25, 0.3) is 0 Å². The van der Waals surface area contributed by atoms with Crippen LogP contribution in [0.2, 0.25) is 0 Å². The molecule has 0 amide bonds. The molecule has 1 aromatic carbocycles. The Labute approximate surface area is 103 Å². The molecule has 0 aromatic heterocycles. The first kappa shape index (κ1) is 11.5. The van der Waals surface area contributed by atoms with Crippen LogP contribution in [-0.4, -0.2) is 13.7 Å². The molecule has 0 radical (unpaired) electrons. The van der Waals surface area contributed by atoms with Crippen LogP contribution in [0.25, 0.3) is 0 Å². The lowest BCUT2D eigenvalue weighted by molar-refractivity contribution is 0.225. The molecule has 0 fully saturated rings. The van der Waals surface area contributed by atoms with Crippen LogP contribution < -0.4 is 10.5 Å². The van der Waals surface area contributed by atoms with E-state index >= 15 is 0 Å². The SMILES string of the molecule is COc1ccc(Br)c(C(N)C2=CCCO2)c1. The van der Waals surface area contributed by atoms with Crippen LogP contribution in [0.3, 0.4) is 0 Å². The van der Waals surface area contributed by atoms with Crippen molar-refractivity contribution in [2.24, 2.45) is 5.73 Å². The van der Waals surface area contributed by atoms with E-state index in [0.29, 0.717) is 0 Å². The van der Waals surface area contributed by atoms with E-state index in [1.54, 1.807) is 7.11 Å². The summed E-state index contributed by atoms with van der Waals surface area (Å²) in [6.45, 7) is 0.727. The lowest BCUT2D eigenvalue weighted by Crippen LogP contribution is -2.14. The Morgan fingerprint density at radius 2 is 2.31 bits per heavy atom. The maximum Gasteiger partial charge on any atom is 0.119 e. The Bertz CT molecular complexity index is 417. The predicted molar refractivity (Wildman–Crippen MR) is 66.3 cm³/mol. The molecule has 2 rings (SSSR count). The minimum Gasteiger partial charge on any atom is -0.497 e. The van der Waals surface area contributed by atoms with Crippen LogP contribution in [0.1, 0.15) is 18.0 Å². The molecule has 1 atom stereocenters. The normalized spacial score (nSPS) is 16.6. The summed E-state index contributed by atoms with van der Waals surface area (Å²) >= 11 is 3.49. The van der Waals surface area contributed by atoms with E-state index in [9.17, 15) is 0 Å². The van der Waals surface area contributed by atoms with Crippen molar-refractivity contribution in [1.29, 1.82) is 0 Å². The number of hydrogen-bond donors (Lipinski definition) is 1. The number of nitrogens with two attached hydrogens (primary N) is 1. The van der Waals surface area contributed by atoms with Crippen molar-refractivity contribution < 1.29 is 9.47 Å². The van der Waals surface area contributed by atoms with Crippen molar-refractivity contribution in [3.8, 4) is 5.75 Å². The second-order valence-corrected chi connectivity index (χ2v) is 4.46. The van der Waals surface area contributed by atoms with Crippen molar-refractivity contribution in [2.75, 3.05) is 13.7 Å². The highest BCUT2D eigenvalue weighted by Crippen LogP contribution is 2.32. The topological polar surface area (TPSA) is 44.5 Å². The highest BCUT2D eigenvalue weighted by atomic mass is 79.9. The third-order valence-electron chi connectivity index (χ3n) is 2.58. The quantitative estimate of drug-likeness (QED) is 0.928. The maximum atomic E-state index is 6.15. The van der Waals surface area contributed by atoms with Crippen molar-refractivity contribution in [1.82, 2.24) is 0 Å². The molecule has 3 nitrogen and oxygen atoms in total. The molecule has 1 unspecified atom stereocenters. The minimum absolute atomic E-state index is 0.230. The third-order valence-corrected chi connectivity index (χ3v) is 3.30. The van der Waals surface area contributed by atoms with Crippen LogP contribution in [0.15, 0.2) is 34.5 Å². The van der Waals surface area contributed by atoms with E-state index in [1.807, 2.05) is 24.3 Å². The number of methoxy groups -OCH3 is 1. The number of ether oxygens (including phenoxy) is 2. The standard InChI is InChI=1S/C12H14BrNO2/c1-15-8-4-5-10(13)9(7-8)12(14)11-3-2-6-16-11/h3-5,7,12H,2,6,14H2,1H3. The second-order valence-electron chi connectivity index (χ2n) is 3.61. The highest BCUT2D eigenvalue weighted by molar-refractivity contribution is 9.10. The molecule has 0 bridgehead atoms. The number of benzene rings is 1. The molecule has 1 aromatic rings. The van der Waals surface area contributed by atoms with Gasteiger partial charge in [0.2, 0.25) is 0 Å². The Morgan fingerprint density at radius 1 is 1.50 bits per heavy atom. The van der Waals surface area contributed by atoms with E-state index in [0.717, 1.165) is 34.6 Å². The third kappa shape index (κ3) is 2.23. The highest BCUT2D eigenvalue weighted by Gasteiger charge is 2.19. The zero-order valence-corrected chi connectivity index (χ0v) is 10.7. The molecule has 1 heterocycles. The Kier molecular flexibility index (Phi) is 3.51. The molecular formula is C12H14BrNO2. The first-order chi connectivity index (χ1) is 7.72. The number of rotatable bonds is 3. The first-order valence-corrected chi connectivity index (χ1v) is 5.93. The van der Waals surface area contributed by atoms with Crippen molar-refractivity contribution in [2.45, 2.75) is 12.5 Å². The molecule has 0 aliphatic carbocycles. The average Bonchev–Trinajstić information content (AvgIpc) is 2.82. The summed E-state index contributed by atoms with van der Waals surface area (Å²) in [7, 11) is 1.64. The Morgan fingerprint density at radius 3 is 2.94 bits per heavy atom. The van der Waals surface area contributed by atoms with E-state index < -0.39 is 0 Å². The molecule has 0 spiro atoms. The summed E-state index contributed by atoms with van der Waals surface area (Å²) < 4.78 is 11.6. The van der Waals surface area contributed by atoms with E-state index in [-0.39, 0.29) is 6.04 Å². The van der Waals surface area contributed by atoms with Gasteiger partial charge < -0.3 is 15.2 Å². The zero-order valence-electron chi connectivity index (χ0n) is 9.07. The summed E-state index contributed by atoms with van der Waals surface area (Å²) in [6, 6.07) is 5.53. The van der Waals surface area contributed by atoms with Gasteiger partial charge in [-0.2, -0.15) is 0 Å². The Balaban J connectivity index is 2.31. The largest absolute Gasteiger partial charge is 0.497 e. The minimum atomic E-state index is -0.230. The summed E-state index contributed by atoms with van der Waals surface area (Å²) in [5.41, 5.74) is 7.13. The fraction of sp³-hybridized carbons (Fsp3) is 0.333. The molecule has 4 heteroatoms. The molecule has 0 saturated carbocycles. The number of halogens is 1. The Hall–Kier alpha value is -1.00. The second kappa shape index (κ2) is 4.89. The fourth-order valence-electron chi connectivity index (χ4n) is 1.69. The molecule has 0 saturated heterocycles. The van der Waals surface area contributed by atoms with E-state index in [1.165, 1.54) is 0 Å². The van der Waals surface area contributed by atoms with Gasteiger partial charge in [-0.15, -0.1) is 0 Å². The van der Waals surface area contributed by atoms with Gasteiger partial charge in [0.1, 0.15) is 11.5 Å². The van der Waals surface area contributed by atoms with Crippen molar-refractivity contribution in [3.05, 3.63) is 40.1 Å². The lowest BCUT2D eigenvalue weighted by Gasteiger charge is -2.16. The van der Waals surface area contributed by atoms with Crippen LogP contribution in [0.5, 0.6) is 5.75 Å². The molecule has 1 aliphatic heterocycles. The average molecular weight is 284 g/mol. The van der Waals surface area contributed by atoms with E-state index in [2.05, 4.69) is 15.9 Å². The van der Waals surface area contributed by atoms with Gasteiger partial charge in [-0.3, -0.25) is 0 Å². The lowest BCUT2D eigenvalue weighted by atomic mass is 10.1. The van der Waals surface area contributed by atoms with Gasteiger partial charge in [-0.25, -0.2) is 0 Å². The van der Waals surface area contributed by atoms with Gasteiger partial charge >= 0.3 is 0 Å². The van der Waals surface area contributed by atoms with Crippen LogP contribution in [-0.2, 0) is 4.74 Å². The summed E-state index contributed by atoms with van der Waals surface area (Å²) in [5.74, 6) is 1.64. The molecule has 1 aliphatic rings. The van der Waals surface area contributed by atoms with Gasteiger partial charge in [0.15, 0.2) is 0 Å². The zero-order chi connectivity index (χ0) is 11.5. The van der Waals surface area contributed by atoms with Crippen molar-refractivity contribution >= 4 is 15.9 Å². The molecule has 86 valence electrons. The van der Waals surface area contributed by atoms with E-state index in [4.69, 9.17) is 15.2 Å². The molecule has 16 heavy (non-hydrogen) atoms.